The van der Waals surface area contributed by atoms with Gasteiger partial charge in [0.25, 0.3) is 0 Å². The maximum atomic E-state index is 11.8. The van der Waals surface area contributed by atoms with Gasteiger partial charge in [-0.05, 0) is 59.8 Å². The number of hydrogen-bond acceptors (Lipinski definition) is 5. The van der Waals surface area contributed by atoms with Gasteiger partial charge in [-0.3, -0.25) is 4.79 Å². The predicted octanol–water partition coefficient (Wildman–Crippen LogP) is 0.541. The van der Waals surface area contributed by atoms with Gasteiger partial charge in [0.15, 0.2) is 0 Å². The molecule has 1 saturated heterocycles. The highest BCUT2D eigenvalue weighted by atomic mass is 16.5. The summed E-state index contributed by atoms with van der Waals surface area (Å²) in [6, 6.07) is 0. The summed E-state index contributed by atoms with van der Waals surface area (Å²) in [5.41, 5.74) is 5.17. The van der Waals surface area contributed by atoms with Crippen molar-refractivity contribution in [3.63, 3.8) is 0 Å². The van der Waals surface area contributed by atoms with Crippen LogP contribution < -0.4 is 5.73 Å². The normalized spacial score (nSPS) is 21.4. The van der Waals surface area contributed by atoms with Crippen LogP contribution in [0.4, 0.5) is 0 Å². The van der Waals surface area contributed by atoms with E-state index in [1.807, 2.05) is 0 Å². The van der Waals surface area contributed by atoms with Crippen molar-refractivity contribution in [3.8, 4) is 0 Å². The van der Waals surface area contributed by atoms with Crippen LogP contribution >= 0.6 is 0 Å². The number of carbonyl (C=O) groups is 1. The van der Waals surface area contributed by atoms with E-state index in [9.17, 15) is 4.79 Å². The van der Waals surface area contributed by atoms with Crippen LogP contribution in [0.25, 0.3) is 0 Å². The lowest BCUT2D eigenvalue weighted by Crippen LogP contribution is -2.56. The van der Waals surface area contributed by atoms with Crippen molar-refractivity contribution >= 4 is 5.97 Å². The molecule has 0 aliphatic carbocycles. The van der Waals surface area contributed by atoms with E-state index in [1.54, 1.807) is 13.8 Å². The van der Waals surface area contributed by atoms with Crippen molar-refractivity contribution < 1.29 is 9.53 Å². The first-order valence-corrected chi connectivity index (χ1v) is 7.18. The Morgan fingerprint density at radius 3 is 2.47 bits per heavy atom. The topological polar surface area (TPSA) is 58.8 Å². The molecule has 0 bridgehead atoms. The summed E-state index contributed by atoms with van der Waals surface area (Å²) in [7, 11) is 4.23. The van der Waals surface area contributed by atoms with Crippen molar-refractivity contribution in [1.82, 2.24) is 9.80 Å². The summed E-state index contributed by atoms with van der Waals surface area (Å²) in [6.07, 6.45) is 2.36. The van der Waals surface area contributed by atoms with E-state index in [0.717, 1.165) is 25.6 Å². The fraction of sp³-hybridized carbons (Fsp3) is 0.929. The molecule has 1 aliphatic rings. The van der Waals surface area contributed by atoms with Gasteiger partial charge in [0.2, 0.25) is 0 Å². The molecule has 0 radical (unpaired) electrons. The molecule has 1 atom stereocenters. The Morgan fingerprint density at radius 2 is 2.00 bits per heavy atom. The number of hydrogen-bond donors (Lipinski definition) is 1. The van der Waals surface area contributed by atoms with Gasteiger partial charge in [-0.2, -0.15) is 0 Å². The lowest BCUT2D eigenvalue weighted by Gasteiger charge is -2.36. The average molecular weight is 271 g/mol. The summed E-state index contributed by atoms with van der Waals surface area (Å²) in [6.45, 7) is 7.72. The molecule has 112 valence electrons. The Bertz CT molecular complexity index is 284. The molecular weight excluding hydrogens is 242 g/mol. The van der Waals surface area contributed by atoms with E-state index >= 15 is 0 Å². The van der Waals surface area contributed by atoms with Gasteiger partial charge < -0.3 is 20.3 Å². The molecule has 1 fully saturated rings. The summed E-state index contributed by atoms with van der Waals surface area (Å²) < 4.78 is 5.02. The molecule has 1 heterocycles. The number of rotatable bonds is 6. The van der Waals surface area contributed by atoms with E-state index in [2.05, 4.69) is 23.9 Å². The number of likely N-dealkylation sites (tertiary alicyclic amines) is 1. The number of piperidine rings is 1. The van der Waals surface area contributed by atoms with Crippen molar-refractivity contribution in [2.45, 2.75) is 32.2 Å². The maximum Gasteiger partial charge on any atom is 0.327 e. The molecule has 0 amide bonds. The second-order valence-electron chi connectivity index (χ2n) is 6.12. The maximum absolute atomic E-state index is 11.8. The standard InChI is InChI=1S/C14H29N3O2/c1-5-19-13(18)14(2,15)11-17-8-6-12(7-9-17)10-16(3)4/h12H,5-11,15H2,1-4H3. The number of ether oxygens (including phenoxy) is 1. The molecule has 0 saturated carbocycles. The quantitative estimate of drug-likeness (QED) is 0.715. The van der Waals surface area contributed by atoms with E-state index in [-0.39, 0.29) is 5.97 Å². The fourth-order valence-corrected chi connectivity index (χ4v) is 2.67. The van der Waals surface area contributed by atoms with Gasteiger partial charge >= 0.3 is 5.97 Å². The van der Waals surface area contributed by atoms with Crippen molar-refractivity contribution in [2.24, 2.45) is 11.7 Å². The molecule has 5 heteroatoms. The molecule has 19 heavy (non-hydrogen) atoms. The lowest BCUT2D eigenvalue weighted by atomic mass is 9.94. The van der Waals surface area contributed by atoms with Crippen LogP contribution in [0.2, 0.25) is 0 Å². The van der Waals surface area contributed by atoms with Gasteiger partial charge in [0, 0.05) is 13.1 Å². The first kappa shape index (κ1) is 16.4. The van der Waals surface area contributed by atoms with E-state index in [1.165, 1.54) is 12.8 Å². The summed E-state index contributed by atoms with van der Waals surface area (Å²) in [4.78, 5) is 16.3. The van der Waals surface area contributed by atoms with E-state index < -0.39 is 5.54 Å². The molecule has 0 aromatic carbocycles. The molecule has 5 nitrogen and oxygen atoms in total. The zero-order valence-corrected chi connectivity index (χ0v) is 12.8. The van der Waals surface area contributed by atoms with Crippen LogP contribution in [0.1, 0.15) is 26.7 Å². The molecule has 1 unspecified atom stereocenters. The minimum atomic E-state index is -0.898. The summed E-state index contributed by atoms with van der Waals surface area (Å²) in [5, 5.41) is 0. The molecular formula is C14H29N3O2. The summed E-state index contributed by atoms with van der Waals surface area (Å²) >= 11 is 0. The largest absolute Gasteiger partial charge is 0.465 e. The van der Waals surface area contributed by atoms with Gasteiger partial charge in [0.1, 0.15) is 5.54 Å². The smallest absolute Gasteiger partial charge is 0.327 e. The van der Waals surface area contributed by atoms with Crippen molar-refractivity contribution in [2.75, 3.05) is 46.9 Å². The van der Waals surface area contributed by atoms with Crippen molar-refractivity contribution in [3.05, 3.63) is 0 Å². The van der Waals surface area contributed by atoms with Crippen molar-refractivity contribution in [1.29, 1.82) is 0 Å². The molecule has 0 aromatic heterocycles. The second-order valence-corrected chi connectivity index (χ2v) is 6.12. The SMILES string of the molecule is CCOC(=O)C(C)(N)CN1CCC(CN(C)C)CC1. The fourth-order valence-electron chi connectivity index (χ4n) is 2.67. The first-order chi connectivity index (χ1) is 8.85. The third-order valence-electron chi connectivity index (χ3n) is 3.62. The molecule has 2 N–H and O–H groups in total. The monoisotopic (exact) mass is 271 g/mol. The van der Waals surface area contributed by atoms with Crippen LogP contribution in [0.15, 0.2) is 0 Å². The Kier molecular flexibility index (Phi) is 6.23. The highest BCUT2D eigenvalue weighted by Crippen LogP contribution is 2.19. The number of nitrogens with zero attached hydrogens (tertiary/aromatic N) is 2. The third-order valence-corrected chi connectivity index (χ3v) is 3.62. The third kappa shape index (κ3) is 5.47. The van der Waals surface area contributed by atoms with Gasteiger partial charge in [0.05, 0.1) is 6.61 Å². The Labute approximate surface area is 117 Å². The predicted molar refractivity (Wildman–Crippen MR) is 76.9 cm³/mol. The lowest BCUT2D eigenvalue weighted by molar-refractivity contribution is -0.149. The molecule has 1 rings (SSSR count). The second kappa shape index (κ2) is 7.22. The average Bonchev–Trinajstić information content (AvgIpc) is 2.31. The highest BCUT2D eigenvalue weighted by molar-refractivity contribution is 5.80. The Hall–Kier alpha value is -0.650. The molecule has 0 spiro atoms. The van der Waals surface area contributed by atoms with Crippen LogP contribution in [0, 0.1) is 5.92 Å². The van der Waals surface area contributed by atoms with Crippen LogP contribution in [-0.2, 0) is 9.53 Å². The van der Waals surface area contributed by atoms with E-state index in [0.29, 0.717) is 13.2 Å². The number of esters is 1. The van der Waals surface area contributed by atoms with Crippen LogP contribution in [0.3, 0.4) is 0 Å². The van der Waals surface area contributed by atoms with Crippen LogP contribution in [-0.4, -0.2) is 68.2 Å². The van der Waals surface area contributed by atoms with Gasteiger partial charge in [-0.25, -0.2) is 0 Å². The Morgan fingerprint density at radius 1 is 1.42 bits per heavy atom. The van der Waals surface area contributed by atoms with E-state index in [4.69, 9.17) is 10.5 Å². The number of carbonyl (C=O) groups excluding carboxylic acids is 1. The number of nitrogens with two attached hydrogens (primary N) is 1. The zero-order valence-electron chi connectivity index (χ0n) is 12.8. The highest BCUT2D eigenvalue weighted by Gasteiger charge is 2.33. The zero-order chi connectivity index (χ0) is 14.5. The summed E-state index contributed by atoms with van der Waals surface area (Å²) in [5.74, 6) is 0.461. The van der Waals surface area contributed by atoms with Gasteiger partial charge in [-0.15, -0.1) is 0 Å². The molecule has 0 aromatic rings. The minimum Gasteiger partial charge on any atom is -0.465 e. The molecule has 1 aliphatic heterocycles. The minimum absolute atomic E-state index is 0.301. The first-order valence-electron chi connectivity index (χ1n) is 7.18. The Balaban J connectivity index is 2.37. The van der Waals surface area contributed by atoms with Crippen LogP contribution in [0.5, 0.6) is 0 Å². The van der Waals surface area contributed by atoms with Gasteiger partial charge in [-0.1, -0.05) is 0 Å².